The molecule has 0 fully saturated rings. The third-order valence-electron chi connectivity index (χ3n) is 3.49. The number of nitrogens with zero attached hydrogens (tertiary/aromatic N) is 1. The third-order valence-corrected chi connectivity index (χ3v) is 3.49. The van der Waals surface area contributed by atoms with Crippen LogP contribution in [0.1, 0.15) is 38.8 Å². The Bertz CT molecular complexity index is 447. The molecule has 5 nitrogen and oxygen atoms in total. The standard InChI is InChI=1S/C15H25N3O2/c1-10(2)12(8-9-16)5-7-14(20)18-15-13(19)6-4-11(3)17-15/h4,6,10,12,19H,5,7-9,16H2,1-3H3,(H,17,18,20). The summed E-state index contributed by atoms with van der Waals surface area (Å²) >= 11 is 0. The van der Waals surface area contributed by atoms with Crippen LogP contribution in [0.3, 0.4) is 0 Å². The van der Waals surface area contributed by atoms with E-state index in [2.05, 4.69) is 24.1 Å². The van der Waals surface area contributed by atoms with E-state index in [1.54, 1.807) is 6.07 Å². The molecular weight excluding hydrogens is 254 g/mol. The Labute approximate surface area is 120 Å². The average molecular weight is 279 g/mol. The Morgan fingerprint density at radius 3 is 2.70 bits per heavy atom. The van der Waals surface area contributed by atoms with E-state index in [4.69, 9.17) is 5.73 Å². The normalized spacial score (nSPS) is 12.4. The number of aryl methyl sites for hydroxylation is 1. The Hall–Kier alpha value is -1.62. The second kappa shape index (κ2) is 7.85. The maximum absolute atomic E-state index is 11.9. The van der Waals surface area contributed by atoms with Crippen LogP contribution < -0.4 is 11.1 Å². The van der Waals surface area contributed by atoms with Crippen LogP contribution in [-0.4, -0.2) is 22.5 Å². The molecule has 1 aromatic heterocycles. The van der Waals surface area contributed by atoms with Crippen molar-refractivity contribution >= 4 is 11.7 Å². The average Bonchev–Trinajstić information content (AvgIpc) is 2.38. The summed E-state index contributed by atoms with van der Waals surface area (Å²) in [7, 11) is 0. The summed E-state index contributed by atoms with van der Waals surface area (Å²) in [4.78, 5) is 16.0. The Balaban J connectivity index is 2.53. The zero-order valence-corrected chi connectivity index (χ0v) is 12.5. The van der Waals surface area contributed by atoms with Crippen LogP contribution in [-0.2, 0) is 4.79 Å². The summed E-state index contributed by atoms with van der Waals surface area (Å²) in [5, 5.41) is 12.3. The van der Waals surface area contributed by atoms with E-state index in [9.17, 15) is 9.90 Å². The minimum Gasteiger partial charge on any atom is -0.504 e. The van der Waals surface area contributed by atoms with Crippen LogP contribution in [0.2, 0.25) is 0 Å². The van der Waals surface area contributed by atoms with Crippen molar-refractivity contribution in [1.82, 2.24) is 4.98 Å². The van der Waals surface area contributed by atoms with Crippen molar-refractivity contribution in [2.24, 2.45) is 17.6 Å². The quantitative estimate of drug-likeness (QED) is 0.715. The minimum absolute atomic E-state index is 0.00804. The minimum atomic E-state index is -0.124. The summed E-state index contributed by atoms with van der Waals surface area (Å²) in [5.74, 6) is 1.06. The topological polar surface area (TPSA) is 88.2 Å². The van der Waals surface area contributed by atoms with Gasteiger partial charge < -0.3 is 16.2 Å². The molecule has 0 aliphatic heterocycles. The van der Waals surface area contributed by atoms with Crippen LogP contribution in [0.5, 0.6) is 5.75 Å². The molecule has 1 aromatic rings. The van der Waals surface area contributed by atoms with E-state index in [-0.39, 0.29) is 17.5 Å². The monoisotopic (exact) mass is 279 g/mol. The fourth-order valence-corrected chi connectivity index (χ4v) is 2.18. The SMILES string of the molecule is Cc1ccc(O)c(NC(=O)CCC(CCN)C(C)C)n1. The fourth-order valence-electron chi connectivity index (χ4n) is 2.18. The first-order chi connectivity index (χ1) is 9.43. The van der Waals surface area contributed by atoms with Crippen LogP contribution in [0.4, 0.5) is 5.82 Å². The van der Waals surface area contributed by atoms with Crippen LogP contribution >= 0.6 is 0 Å². The second-order valence-electron chi connectivity index (χ2n) is 5.49. The van der Waals surface area contributed by atoms with Gasteiger partial charge in [0.15, 0.2) is 11.6 Å². The highest BCUT2D eigenvalue weighted by Crippen LogP contribution is 2.23. The molecule has 20 heavy (non-hydrogen) atoms. The van der Waals surface area contributed by atoms with Crippen molar-refractivity contribution < 1.29 is 9.90 Å². The van der Waals surface area contributed by atoms with Gasteiger partial charge in [-0.15, -0.1) is 0 Å². The number of rotatable bonds is 7. The molecule has 0 aromatic carbocycles. The van der Waals surface area contributed by atoms with E-state index in [0.29, 0.717) is 24.8 Å². The van der Waals surface area contributed by atoms with Gasteiger partial charge in [0, 0.05) is 12.1 Å². The van der Waals surface area contributed by atoms with Gasteiger partial charge in [-0.25, -0.2) is 4.98 Å². The molecule has 0 bridgehead atoms. The lowest BCUT2D eigenvalue weighted by molar-refractivity contribution is -0.116. The van der Waals surface area contributed by atoms with E-state index in [0.717, 1.165) is 18.5 Å². The van der Waals surface area contributed by atoms with Crippen molar-refractivity contribution in [3.63, 3.8) is 0 Å². The molecule has 1 rings (SSSR count). The molecule has 0 aliphatic carbocycles. The molecule has 0 radical (unpaired) electrons. The summed E-state index contributed by atoms with van der Waals surface area (Å²) in [5.41, 5.74) is 6.34. The zero-order chi connectivity index (χ0) is 15.1. The predicted octanol–water partition coefficient (Wildman–Crippen LogP) is 2.44. The first kappa shape index (κ1) is 16.4. The first-order valence-corrected chi connectivity index (χ1v) is 7.10. The van der Waals surface area contributed by atoms with Crippen molar-refractivity contribution in [1.29, 1.82) is 0 Å². The number of nitrogens with two attached hydrogens (primary N) is 1. The van der Waals surface area contributed by atoms with Gasteiger partial charge in [-0.05, 0) is 50.3 Å². The highest BCUT2D eigenvalue weighted by Gasteiger charge is 2.15. The fraction of sp³-hybridized carbons (Fsp3) is 0.600. The number of hydrogen-bond acceptors (Lipinski definition) is 4. The molecule has 0 aliphatic rings. The van der Waals surface area contributed by atoms with Crippen molar-refractivity contribution in [3.05, 3.63) is 17.8 Å². The number of carbonyl (C=O) groups excluding carboxylic acids is 1. The van der Waals surface area contributed by atoms with Gasteiger partial charge in [0.25, 0.3) is 0 Å². The number of hydrogen-bond donors (Lipinski definition) is 3. The van der Waals surface area contributed by atoms with Gasteiger partial charge in [0.2, 0.25) is 5.91 Å². The van der Waals surface area contributed by atoms with Gasteiger partial charge in [0.05, 0.1) is 0 Å². The molecule has 5 heteroatoms. The largest absolute Gasteiger partial charge is 0.504 e. The third kappa shape index (κ3) is 5.17. The Kier molecular flexibility index (Phi) is 6.45. The second-order valence-corrected chi connectivity index (χ2v) is 5.49. The van der Waals surface area contributed by atoms with Gasteiger partial charge in [0.1, 0.15) is 0 Å². The summed E-state index contributed by atoms with van der Waals surface area (Å²) in [6.45, 7) is 6.74. The molecule has 0 saturated carbocycles. The zero-order valence-electron chi connectivity index (χ0n) is 12.5. The van der Waals surface area contributed by atoms with Crippen molar-refractivity contribution in [3.8, 4) is 5.75 Å². The number of aromatic nitrogens is 1. The molecule has 0 saturated heterocycles. The predicted molar refractivity (Wildman–Crippen MR) is 80.5 cm³/mol. The van der Waals surface area contributed by atoms with Crippen LogP contribution in [0.15, 0.2) is 12.1 Å². The molecule has 1 atom stereocenters. The van der Waals surface area contributed by atoms with E-state index < -0.39 is 0 Å². The number of anilines is 1. The lowest BCUT2D eigenvalue weighted by atomic mass is 9.88. The molecule has 112 valence electrons. The highest BCUT2D eigenvalue weighted by molar-refractivity contribution is 5.91. The molecule has 1 amide bonds. The molecule has 1 heterocycles. The van der Waals surface area contributed by atoms with Crippen LogP contribution in [0.25, 0.3) is 0 Å². The summed E-state index contributed by atoms with van der Waals surface area (Å²) < 4.78 is 0. The molecular formula is C15H25N3O2. The molecule has 4 N–H and O–H groups in total. The van der Waals surface area contributed by atoms with Gasteiger partial charge >= 0.3 is 0 Å². The number of amides is 1. The van der Waals surface area contributed by atoms with Gasteiger partial charge in [-0.2, -0.15) is 0 Å². The summed E-state index contributed by atoms with van der Waals surface area (Å²) in [6, 6.07) is 3.23. The van der Waals surface area contributed by atoms with Crippen molar-refractivity contribution in [2.45, 2.75) is 40.0 Å². The highest BCUT2D eigenvalue weighted by atomic mass is 16.3. The number of aromatic hydroxyl groups is 1. The molecule has 0 spiro atoms. The lowest BCUT2D eigenvalue weighted by Crippen LogP contribution is -2.19. The maximum Gasteiger partial charge on any atom is 0.225 e. The Morgan fingerprint density at radius 1 is 1.40 bits per heavy atom. The smallest absolute Gasteiger partial charge is 0.225 e. The van der Waals surface area contributed by atoms with Gasteiger partial charge in [-0.1, -0.05) is 13.8 Å². The number of nitrogens with one attached hydrogen (secondary N) is 1. The number of pyridine rings is 1. The van der Waals surface area contributed by atoms with Gasteiger partial charge in [-0.3, -0.25) is 4.79 Å². The van der Waals surface area contributed by atoms with E-state index >= 15 is 0 Å². The maximum atomic E-state index is 11.9. The lowest BCUT2D eigenvalue weighted by Gasteiger charge is -2.19. The first-order valence-electron chi connectivity index (χ1n) is 7.10. The van der Waals surface area contributed by atoms with Crippen LogP contribution in [0, 0.1) is 18.8 Å². The van der Waals surface area contributed by atoms with Crippen molar-refractivity contribution in [2.75, 3.05) is 11.9 Å². The molecule has 1 unspecified atom stereocenters. The number of carbonyl (C=O) groups is 1. The summed E-state index contributed by atoms with van der Waals surface area (Å²) in [6.07, 6.45) is 2.14. The van der Waals surface area contributed by atoms with E-state index in [1.165, 1.54) is 6.07 Å². The Morgan fingerprint density at radius 2 is 2.10 bits per heavy atom. The van der Waals surface area contributed by atoms with E-state index in [1.807, 2.05) is 6.92 Å².